The van der Waals surface area contributed by atoms with Gasteiger partial charge in [-0.15, -0.1) is 11.8 Å². The number of amides is 1. The van der Waals surface area contributed by atoms with E-state index in [4.69, 9.17) is 0 Å². The molecule has 8 heteroatoms. The van der Waals surface area contributed by atoms with Gasteiger partial charge in [-0.25, -0.2) is 4.79 Å². The van der Waals surface area contributed by atoms with Crippen LogP contribution in [-0.4, -0.2) is 67.7 Å². The van der Waals surface area contributed by atoms with E-state index in [0.717, 1.165) is 29.8 Å². The predicted octanol–water partition coefficient (Wildman–Crippen LogP) is 1.51. The van der Waals surface area contributed by atoms with E-state index < -0.39 is 18.0 Å². The van der Waals surface area contributed by atoms with Crippen molar-refractivity contribution in [3.63, 3.8) is 0 Å². The summed E-state index contributed by atoms with van der Waals surface area (Å²) in [7, 11) is 0. The Morgan fingerprint density at radius 2 is 2.17 bits per heavy atom. The van der Waals surface area contributed by atoms with Crippen LogP contribution in [0.2, 0.25) is 0 Å². The van der Waals surface area contributed by atoms with E-state index in [1.807, 2.05) is 6.92 Å². The second-order valence-electron chi connectivity index (χ2n) is 6.91. The SMILES string of the molecule is CC[C@H](O)[C@@H]1C(=O)N2C(C(=O)O)=C(SC3CCN(C4CC4)C3)S[C@H]12. The molecule has 1 amide bonds. The van der Waals surface area contributed by atoms with Crippen molar-refractivity contribution in [1.82, 2.24) is 9.80 Å². The highest BCUT2D eigenvalue weighted by atomic mass is 32.2. The second kappa shape index (κ2) is 6.23. The molecular formula is C16H22N2O4S2. The molecular weight excluding hydrogens is 348 g/mol. The number of rotatable bonds is 6. The molecule has 4 rings (SSSR count). The minimum absolute atomic E-state index is 0.129. The van der Waals surface area contributed by atoms with Gasteiger partial charge in [0.15, 0.2) is 5.70 Å². The van der Waals surface area contributed by atoms with Crippen LogP contribution in [0.3, 0.4) is 0 Å². The number of carbonyl (C=O) groups is 2. The highest BCUT2D eigenvalue weighted by molar-refractivity contribution is 8.23. The molecule has 2 N–H and O–H groups in total. The van der Waals surface area contributed by atoms with E-state index >= 15 is 0 Å². The van der Waals surface area contributed by atoms with Crippen LogP contribution >= 0.6 is 23.5 Å². The van der Waals surface area contributed by atoms with Crippen LogP contribution in [0.25, 0.3) is 0 Å². The Balaban J connectivity index is 1.48. The second-order valence-corrected chi connectivity index (χ2v) is 9.61. The number of β-lactam (4-membered cyclic amide) rings is 1. The summed E-state index contributed by atoms with van der Waals surface area (Å²) in [6.45, 7) is 3.93. The third kappa shape index (κ3) is 2.67. The van der Waals surface area contributed by atoms with Crippen molar-refractivity contribution in [2.24, 2.45) is 5.92 Å². The van der Waals surface area contributed by atoms with E-state index in [2.05, 4.69) is 4.90 Å². The standard InChI is InChI=1S/C16H22N2O4S2/c1-2-10(19)11-13(20)18-12(15(21)22)16(24-14(11)18)23-9-5-6-17(7-9)8-3-4-8/h8-11,14,19H,2-7H2,1H3,(H,21,22)/t9?,10-,11+,14+/m0/s1. The van der Waals surface area contributed by atoms with E-state index in [-0.39, 0.29) is 17.0 Å². The van der Waals surface area contributed by atoms with Crippen molar-refractivity contribution in [2.75, 3.05) is 13.1 Å². The zero-order valence-corrected chi connectivity index (χ0v) is 15.2. The molecule has 0 aromatic carbocycles. The fourth-order valence-electron chi connectivity index (χ4n) is 3.77. The number of fused-ring (bicyclic) bond motifs is 1. The van der Waals surface area contributed by atoms with Gasteiger partial charge in [-0.3, -0.25) is 14.6 Å². The molecule has 1 unspecified atom stereocenters. The van der Waals surface area contributed by atoms with Crippen LogP contribution in [0.4, 0.5) is 0 Å². The third-order valence-electron chi connectivity index (χ3n) is 5.30. The monoisotopic (exact) mass is 370 g/mol. The van der Waals surface area contributed by atoms with Gasteiger partial charge in [-0.2, -0.15) is 0 Å². The number of carbonyl (C=O) groups excluding carboxylic acids is 1. The number of carboxylic acid groups (broad SMARTS) is 1. The molecule has 1 saturated carbocycles. The predicted molar refractivity (Wildman–Crippen MR) is 93.3 cm³/mol. The number of aliphatic hydroxyl groups excluding tert-OH is 1. The van der Waals surface area contributed by atoms with Gasteiger partial charge in [0.2, 0.25) is 5.91 Å². The first-order chi connectivity index (χ1) is 11.5. The van der Waals surface area contributed by atoms with Crippen molar-refractivity contribution in [3.8, 4) is 0 Å². The Labute approximate surface area is 149 Å². The van der Waals surface area contributed by atoms with Crippen LogP contribution in [0.1, 0.15) is 32.6 Å². The van der Waals surface area contributed by atoms with Gasteiger partial charge in [-0.05, 0) is 32.2 Å². The normalized spacial score (nSPS) is 34.5. The minimum atomic E-state index is -1.04. The first kappa shape index (κ1) is 16.8. The molecule has 3 aliphatic heterocycles. The molecule has 3 heterocycles. The molecule has 132 valence electrons. The van der Waals surface area contributed by atoms with Gasteiger partial charge in [0, 0.05) is 17.8 Å². The van der Waals surface area contributed by atoms with Crippen molar-refractivity contribution in [1.29, 1.82) is 0 Å². The number of thioether (sulfide) groups is 2. The Kier molecular flexibility index (Phi) is 4.35. The Morgan fingerprint density at radius 3 is 2.79 bits per heavy atom. The Hall–Kier alpha value is -0.700. The fourth-order valence-corrected chi connectivity index (χ4v) is 7.06. The Bertz CT molecular complexity index is 607. The summed E-state index contributed by atoms with van der Waals surface area (Å²) in [6.07, 6.45) is 3.46. The zero-order valence-electron chi connectivity index (χ0n) is 13.6. The maximum absolute atomic E-state index is 12.3. The summed E-state index contributed by atoms with van der Waals surface area (Å²) < 4.78 is 0.745. The first-order valence-electron chi connectivity index (χ1n) is 8.57. The molecule has 6 nitrogen and oxygen atoms in total. The average molecular weight is 370 g/mol. The van der Waals surface area contributed by atoms with Crippen LogP contribution < -0.4 is 0 Å². The van der Waals surface area contributed by atoms with Gasteiger partial charge in [0.05, 0.1) is 16.3 Å². The van der Waals surface area contributed by atoms with Crippen LogP contribution in [0, 0.1) is 5.92 Å². The summed E-state index contributed by atoms with van der Waals surface area (Å²) in [6, 6.07) is 0.741. The number of carboxylic acids is 1. The lowest BCUT2D eigenvalue weighted by molar-refractivity contribution is -0.157. The number of aliphatic hydroxyl groups is 1. The van der Waals surface area contributed by atoms with Gasteiger partial charge >= 0.3 is 5.97 Å². The van der Waals surface area contributed by atoms with E-state index in [0.29, 0.717) is 11.7 Å². The van der Waals surface area contributed by atoms with E-state index in [1.54, 1.807) is 11.8 Å². The molecule has 24 heavy (non-hydrogen) atoms. The lowest BCUT2D eigenvalue weighted by Gasteiger charge is -2.44. The number of hydrogen-bond donors (Lipinski definition) is 2. The molecule has 1 aliphatic carbocycles. The molecule has 0 spiro atoms. The molecule has 4 aliphatic rings. The molecule has 4 atom stereocenters. The van der Waals surface area contributed by atoms with Crippen molar-refractivity contribution in [2.45, 2.75) is 55.4 Å². The molecule has 2 saturated heterocycles. The molecule has 0 bridgehead atoms. The first-order valence-corrected chi connectivity index (χ1v) is 10.3. The lowest BCUT2D eigenvalue weighted by Crippen LogP contribution is -2.61. The summed E-state index contributed by atoms with van der Waals surface area (Å²) in [4.78, 5) is 27.9. The highest BCUT2D eigenvalue weighted by Gasteiger charge is 2.58. The Morgan fingerprint density at radius 1 is 1.42 bits per heavy atom. The van der Waals surface area contributed by atoms with Gasteiger partial charge in [0.1, 0.15) is 5.37 Å². The van der Waals surface area contributed by atoms with Gasteiger partial charge in [0.25, 0.3) is 0 Å². The van der Waals surface area contributed by atoms with Crippen molar-refractivity contribution >= 4 is 35.4 Å². The maximum atomic E-state index is 12.3. The maximum Gasteiger partial charge on any atom is 0.354 e. The molecule has 0 radical (unpaired) electrons. The van der Waals surface area contributed by atoms with Gasteiger partial charge in [-0.1, -0.05) is 18.7 Å². The van der Waals surface area contributed by atoms with Crippen LogP contribution in [-0.2, 0) is 9.59 Å². The summed E-state index contributed by atoms with van der Waals surface area (Å²) in [5.74, 6) is -1.76. The highest BCUT2D eigenvalue weighted by Crippen LogP contribution is 2.55. The fraction of sp³-hybridized carbons (Fsp3) is 0.750. The molecule has 3 fully saturated rings. The van der Waals surface area contributed by atoms with Crippen molar-refractivity contribution in [3.05, 3.63) is 9.93 Å². The molecule has 0 aromatic rings. The molecule has 0 aromatic heterocycles. The van der Waals surface area contributed by atoms with Crippen LogP contribution in [0.15, 0.2) is 9.93 Å². The third-order valence-corrected chi connectivity index (χ3v) is 8.15. The number of aliphatic carboxylic acids is 1. The average Bonchev–Trinajstić information content (AvgIpc) is 3.21. The largest absolute Gasteiger partial charge is 0.477 e. The smallest absolute Gasteiger partial charge is 0.354 e. The van der Waals surface area contributed by atoms with E-state index in [9.17, 15) is 19.8 Å². The summed E-state index contributed by atoms with van der Waals surface area (Å²) >= 11 is 3.07. The lowest BCUT2D eigenvalue weighted by atomic mass is 9.90. The number of nitrogens with zero attached hydrogens (tertiary/aromatic N) is 2. The number of likely N-dealkylation sites (tertiary alicyclic amines) is 1. The van der Waals surface area contributed by atoms with E-state index in [1.165, 1.54) is 29.5 Å². The van der Waals surface area contributed by atoms with Gasteiger partial charge < -0.3 is 10.2 Å². The summed E-state index contributed by atoms with van der Waals surface area (Å²) in [5, 5.41) is 19.8. The zero-order chi connectivity index (χ0) is 17.0. The topological polar surface area (TPSA) is 81.1 Å². The van der Waals surface area contributed by atoms with Crippen LogP contribution in [0.5, 0.6) is 0 Å². The number of hydrogen-bond acceptors (Lipinski definition) is 6. The van der Waals surface area contributed by atoms with Crippen molar-refractivity contribution < 1.29 is 19.8 Å². The quantitative estimate of drug-likeness (QED) is 0.686. The summed E-state index contributed by atoms with van der Waals surface area (Å²) in [5.41, 5.74) is 0.129. The minimum Gasteiger partial charge on any atom is -0.477 e.